The minimum Gasteiger partial charge on any atom is -0.307 e. The molecule has 1 N–H and O–H groups in total. The maximum atomic E-state index is 13.3. The molecule has 0 fully saturated rings. The van der Waals surface area contributed by atoms with E-state index in [1.54, 1.807) is 12.1 Å². The molecule has 0 aliphatic heterocycles. The van der Waals surface area contributed by atoms with Gasteiger partial charge in [-0.3, -0.25) is 4.79 Å². The van der Waals surface area contributed by atoms with E-state index in [-0.39, 0.29) is 11.1 Å². The molecular weight excluding hydrogens is 269 g/mol. The number of carbonyl (C=O) groups excluding carboxylic acids is 1. The van der Waals surface area contributed by atoms with Crippen molar-refractivity contribution in [2.75, 3.05) is 5.32 Å². The summed E-state index contributed by atoms with van der Waals surface area (Å²) in [7, 11) is 0. The summed E-state index contributed by atoms with van der Waals surface area (Å²) >= 11 is 0. The Morgan fingerprint density at radius 1 is 1.38 bits per heavy atom. The van der Waals surface area contributed by atoms with Crippen LogP contribution in [0.15, 0.2) is 36.4 Å². The number of anilines is 1. The van der Waals surface area contributed by atoms with Crippen LogP contribution in [0, 0.1) is 17.1 Å². The van der Waals surface area contributed by atoms with Gasteiger partial charge >= 0.3 is 0 Å². The summed E-state index contributed by atoms with van der Waals surface area (Å²) in [5.41, 5.74) is 1.08. The number of nitrogens with one attached hydrogen (secondary N) is 1. The standard InChI is InChI=1S/C16H14FN3O/c1-2-4-14-5-3-6-15(19-14)20-16(21)12-7-11(10-18)8-13(17)9-12/h3,5-9H,2,4H2,1H3,(H,19,20,21). The van der Waals surface area contributed by atoms with Crippen LogP contribution >= 0.6 is 0 Å². The van der Waals surface area contributed by atoms with Gasteiger partial charge in [0.2, 0.25) is 0 Å². The average molecular weight is 283 g/mol. The minimum absolute atomic E-state index is 0.0919. The van der Waals surface area contributed by atoms with Crippen molar-refractivity contribution in [1.82, 2.24) is 4.98 Å². The quantitative estimate of drug-likeness (QED) is 0.936. The zero-order chi connectivity index (χ0) is 15.2. The van der Waals surface area contributed by atoms with Crippen molar-refractivity contribution in [2.24, 2.45) is 0 Å². The lowest BCUT2D eigenvalue weighted by Crippen LogP contribution is -2.14. The SMILES string of the molecule is CCCc1cccc(NC(=O)c2cc(F)cc(C#N)c2)n1. The molecule has 0 spiro atoms. The molecule has 1 aromatic heterocycles. The van der Waals surface area contributed by atoms with Crippen LogP contribution < -0.4 is 5.32 Å². The van der Waals surface area contributed by atoms with Crippen LogP contribution in [-0.4, -0.2) is 10.9 Å². The number of halogens is 1. The van der Waals surface area contributed by atoms with Gasteiger partial charge < -0.3 is 5.32 Å². The first kappa shape index (κ1) is 14.7. The predicted molar refractivity (Wildman–Crippen MR) is 77.3 cm³/mol. The third kappa shape index (κ3) is 3.86. The van der Waals surface area contributed by atoms with Crippen molar-refractivity contribution >= 4 is 11.7 Å². The van der Waals surface area contributed by atoms with Crippen LogP contribution in [0.1, 0.15) is 35.0 Å². The molecule has 5 heteroatoms. The number of rotatable bonds is 4. The molecule has 1 heterocycles. The zero-order valence-corrected chi connectivity index (χ0v) is 11.6. The zero-order valence-electron chi connectivity index (χ0n) is 11.6. The summed E-state index contributed by atoms with van der Waals surface area (Å²) in [6.07, 6.45) is 1.78. The fraction of sp³-hybridized carbons (Fsp3) is 0.188. The molecule has 0 bridgehead atoms. The van der Waals surface area contributed by atoms with Crippen molar-refractivity contribution in [3.8, 4) is 6.07 Å². The van der Waals surface area contributed by atoms with Gasteiger partial charge in [0.05, 0.1) is 11.6 Å². The lowest BCUT2D eigenvalue weighted by Gasteiger charge is -2.06. The molecule has 106 valence electrons. The number of benzene rings is 1. The fourth-order valence-electron chi connectivity index (χ4n) is 1.92. The Hall–Kier alpha value is -2.74. The van der Waals surface area contributed by atoms with E-state index < -0.39 is 11.7 Å². The molecule has 0 atom stereocenters. The molecule has 0 saturated heterocycles. The number of aromatic nitrogens is 1. The maximum absolute atomic E-state index is 13.3. The monoisotopic (exact) mass is 283 g/mol. The Labute approximate surface area is 122 Å². The number of hydrogen-bond donors (Lipinski definition) is 1. The lowest BCUT2D eigenvalue weighted by molar-refractivity contribution is 0.102. The van der Waals surface area contributed by atoms with Gasteiger partial charge in [-0.15, -0.1) is 0 Å². The molecule has 0 radical (unpaired) electrons. The number of amides is 1. The van der Waals surface area contributed by atoms with Crippen LogP contribution in [0.3, 0.4) is 0 Å². The normalized spacial score (nSPS) is 9.95. The van der Waals surface area contributed by atoms with Gasteiger partial charge in [0.1, 0.15) is 11.6 Å². The van der Waals surface area contributed by atoms with E-state index in [0.717, 1.165) is 30.7 Å². The highest BCUT2D eigenvalue weighted by molar-refractivity contribution is 6.04. The number of nitrogens with zero attached hydrogens (tertiary/aromatic N) is 2. The highest BCUT2D eigenvalue weighted by Crippen LogP contribution is 2.12. The van der Waals surface area contributed by atoms with Gasteiger partial charge in [0.15, 0.2) is 0 Å². The van der Waals surface area contributed by atoms with Crippen LogP contribution in [0.5, 0.6) is 0 Å². The van der Waals surface area contributed by atoms with Crippen molar-refractivity contribution in [2.45, 2.75) is 19.8 Å². The lowest BCUT2D eigenvalue weighted by atomic mass is 10.1. The topological polar surface area (TPSA) is 65.8 Å². The average Bonchev–Trinajstić information content (AvgIpc) is 2.47. The largest absolute Gasteiger partial charge is 0.307 e. The second-order valence-electron chi connectivity index (χ2n) is 4.56. The number of hydrogen-bond acceptors (Lipinski definition) is 3. The summed E-state index contributed by atoms with van der Waals surface area (Å²) < 4.78 is 13.3. The summed E-state index contributed by atoms with van der Waals surface area (Å²) in [6, 6.07) is 10.7. The van der Waals surface area contributed by atoms with Gasteiger partial charge in [-0.25, -0.2) is 9.37 Å². The van der Waals surface area contributed by atoms with Crippen molar-refractivity contribution < 1.29 is 9.18 Å². The molecule has 2 rings (SSSR count). The molecule has 4 nitrogen and oxygen atoms in total. The van der Waals surface area contributed by atoms with Gasteiger partial charge in [-0.1, -0.05) is 19.4 Å². The first-order valence-electron chi connectivity index (χ1n) is 6.60. The van der Waals surface area contributed by atoms with Crippen molar-refractivity contribution in [1.29, 1.82) is 5.26 Å². The molecule has 0 aliphatic carbocycles. The Kier molecular flexibility index (Phi) is 4.62. The van der Waals surface area contributed by atoms with Gasteiger partial charge in [0, 0.05) is 11.3 Å². The number of pyridine rings is 1. The number of aryl methyl sites for hydroxylation is 1. The van der Waals surface area contributed by atoms with E-state index in [1.165, 1.54) is 6.07 Å². The summed E-state index contributed by atoms with van der Waals surface area (Å²) in [4.78, 5) is 16.4. The van der Waals surface area contributed by atoms with E-state index >= 15 is 0 Å². The third-order valence-corrected chi connectivity index (χ3v) is 2.84. The molecular formula is C16H14FN3O. The molecule has 21 heavy (non-hydrogen) atoms. The van der Waals surface area contributed by atoms with Crippen molar-refractivity contribution in [3.05, 3.63) is 59.0 Å². The summed E-state index contributed by atoms with van der Waals surface area (Å²) in [6.45, 7) is 2.04. The summed E-state index contributed by atoms with van der Waals surface area (Å²) in [5.74, 6) is -0.701. The maximum Gasteiger partial charge on any atom is 0.256 e. The van der Waals surface area contributed by atoms with E-state index in [1.807, 2.05) is 19.1 Å². The van der Waals surface area contributed by atoms with Crippen molar-refractivity contribution in [3.63, 3.8) is 0 Å². The smallest absolute Gasteiger partial charge is 0.256 e. The van der Waals surface area contributed by atoms with E-state index in [2.05, 4.69) is 10.3 Å². The van der Waals surface area contributed by atoms with Crippen LogP contribution in [0.2, 0.25) is 0 Å². The Morgan fingerprint density at radius 3 is 2.90 bits per heavy atom. The number of nitriles is 1. The molecule has 0 saturated carbocycles. The Morgan fingerprint density at radius 2 is 2.19 bits per heavy atom. The first-order valence-corrected chi connectivity index (χ1v) is 6.60. The second-order valence-corrected chi connectivity index (χ2v) is 4.56. The molecule has 1 aromatic carbocycles. The highest BCUT2D eigenvalue weighted by Gasteiger charge is 2.10. The fourth-order valence-corrected chi connectivity index (χ4v) is 1.92. The highest BCUT2D eigenvalue weighted by atomic mass is 19.1. The number of carbonyl (C=O) groups is 1. The third-order valence-electron chi connectivity index (χ3n) is 2.84. The van der Waals surface area contributed by atoms with E-state index in [4.69, 9.17) is 5.26 Å². The molecule has 1 amide bonds. The van der Waals surface area contributed by atoms with Gasteiger partial charge in [0.25, 0.3) is 5.91 Å². The van der Waals surface area contributed by atoms with Gasteiger partial charge in [-0.05, 0) is 36.8 Å². The minimum atomic E-state index is -0.619. The molecule has 0 unspecified atom stereocenters. The predicted octanol–water partition coefficient (Wildman–Crippen LogP) is 3.30. The Bertz CT molecular complexity index is 707. The molecule has 2 aromatic rings. The van der Waals surface area contributed by atoms with E-state index in [9.17, 15) is 9.18 Å². The van der Waals surface area contributed by atoms with Crippen LogP contribution in [0.4, 0.5) is 10.2 Å². The van der Waals surface area contributed by atoms with E-state index in [0.29, 0.717) is 5.82 Å². The summed E-state index contributed by atoms with van der Waals surface area (Å²) in [5, 5.41) is 11.4. The molecule has 0 aliphatic rings. The Balaban J connectivity index is 2.20. The van der Waals surface area contributed by atoms with Crippen LogP contribution in [0.25, 0.3) is 0 Å². The second kappa shape index (κ2) is 6.62. The first-order chi connectivity index (χ1) is 10.1. The van der Waals surface area contributed by atoms with Crippen LogP contribution in [-0.2, 0) is 6.42 Å². The van der Waals surface area contributed by atoms with Gasteiger partial charge in [-0.2, -0.15) is 5.26 Å².